The Balaban J connectivity index is 0.000000404. The summed E-state index contributed by atoms with van der Waals surface area (Å²) >= 11 is 0. The topological polar surface area (TPSA) is 17.3 Å². The highest BCUT2D eigenvalue weighted by Crippen LogP contribution is 2.17. The van der Waals surface area contributed by atoms with Gasteiger partial charge in [0.15, 0.2) is 0 Å². The normalized spacial score (nSPS) is 10.0. The van der Waals surface area contributed by atoms with Gasteiger partial charge in [-0.2, -0.15) is 0 Å². The van der Waals surface area contributed by atoms with Crippen LogP contribution in [0.1, 0.15) is 13.8 Å². The van der Waals surface area contributed by atoms with Crippen molar-refractivity contribution < 1.29 is 0 Å². The van der Waals surface area contributed by atoms with Crippen LogP contribution in [0.4, 0.5) is 0 Å². The third-order valence-corrected chi connectivity index (χ3v) is 2.29. The van der Waals surface area contributed by atoms with E-state index in [0.717, 1.165) is 5.52 Å². The smallest absolute Gasteiger partial charge is 0.0712 e. The molecule has 0 aromatic carbocycles. The number of hydrogen-bond acceptors (Lipinski definition) is 1. The van der Waals surface area contributed by atoms with Crippen molar-refractivity contribution in [3.63, 3.8) is 0 Å². The van der Waals surface area contributed by atoms with E-state index in [9.17, 15) is 0 Å². The van der Waals surface area contributed by atoms with Crippen LogP contribution in [0.2, 0.25) is 0 Å². The third kappa shape index (κ3) is 1.59. The summed E-state index contributed by atoms with van der Waals surface area (Å²) in [7, 11) is 0. The molecule has 0 saturated carbocycles. The van der Waals surface area contributed by atoms with Crippen molar-refractivity contribution in [3.8, 4) is 0 Å². The maximum atomic E-state index is 4.11. The van der Waals surface area contributed by atoms with Crippen molar-refractivity contribution in [1.82, 2.24) is 9.38 Å². The summed E-state index contributed by atoms with van der Waals surface area (Å²) in [4.78, 5) is 4.11. The largest absolute Gasteiger partial charge is 0.315 e. The minimum Gasteiger partial charge on any atom is -0.315 e. The molecule has 0 amide bonds. The first kappa shape index (κ1) is 9.71. The van der Waals surface area contributed by atoms with Gasteiger partial charge in [0.25, 0.3) is 0 Å². The van der Waals surface area contributed by atoms with Crippen LogP contribution < -0.4 is 0 Å². The third-order valence-electron chi connectivity index (χ3n) is 2.29. The molecule has 3 aromatic heterocycles. The highest BCUT2D eigenvalue weighted by atomic mass is 14.9. The second kappa shape index (κ2) is 4.13. The van der Waals surface area contributed by atoms with Crippen molar-refractivity contribution in [2.75, 3.05) is 0 Å². The van der Waals surface area contributed by atoms with E-state index in [4.69, 9.17) is 0 Å². The molecule has 3 heterocycles. The molecular formula is C13H14N2. The molecule has 0 N–H and O–H groups in total. The molecular weight excluding hydrogens is 184 g/mol. The lowest BCUT2D eigenvalue weighted by atomic mass is 10.3. The van der Waals surface area contributed by atoms with Gasteiger partial charge in [-0.25, -0.2) is 0 Å². The number of rotatable bonds is 0. The Hall–Kier alpha value is -1.83. The fourth-order valence-corrected chi connectivity index (χ4v) is 1.67. The summed E-state index contributed by atoms with van der Waals surface area (Å²) < 4.78 is 2.14. The summed E-state index contributed by atoms with van der Waals surface area (Å²) in [5, 5.41) is 1.24. The van der Waals surface area contributed by atoms with Crippen LogP contribution in [0, 0.1) is 0 Å². The molecule has 0 bridgehead atoms. The van der Waals surface area contributed by atoms with E-state index in [2.05, 4.69) is 27.7 Å². The molecule has 3 rings (SSSR count). The number of fused-ring (bicyclic) bond motifs is 3. The molecule has 0 atom stereocenters. The fraction of sp³-hybridized carbons (Fsp3) is 0.154. The van der Waals surface area contributed by atoms with Crippen molar-refractivity contribution in [1.29, 1.82) is 0 Å². The Morgan fingerprint density at radius 2 is 2.00 bits per heavy atom. The highest BCUT2D eigenvalue weighted by molar-refractivity contribution is 5.86. The van der Waals surface area contributed by atoms with E-state index >= 15 is 0 Å². The minimum absolute atomic E-state index is 1.16. The first-order chi connectivity index (χ1) is 7.45. The first-order valence-corrected chi connectivity index (χ1v) is 5.25. The zero-order valence-corrected chi connectivity index (χ0v) is 9.01. The van der Waals surface area contributed by atoms with Crippen molar-refractivity contribution in [2.24, 2.45) is 0 Å². The Morgan fingerprint density at radius 3 is 2.87 bits per heavy atom. The number of aromatic nitrogens is 2. The minimum atomic E-state index is 1.16. The molecule has 3 aromatic rings. The van der Waals surface area contributed by atoms with Gasteiger partial charge in [-0.1, -0.05) is 19.9 Å². The van der Waals surface area contributed by atoms with Crippen LogP contribution >= 0.6 is 0 Å². The van der Waals surface area contributed by atoms with Gasteiger partial charge in [0.2, 0.25) is 0 Å². The van der Waals surface area contributed by atoms with Crippen LogP contribution in [0.5, 0.6) is 0 Å². The van der Waals surface area contributed by atoms with E-state index in [1.54, 1.807) is 0 Å². The first-order valence-electron chi connectivity index (χ1n) is 5.25. The zero-order chi connectivity index (χ0) is 10.7. The van der Waals surface area contributed by atoms with Gasteiger partial charge in [0.05, 0.1) is 11.7 Å². The van der Waals surface area contributed by atoms with Crippen LogP contribution in [-0.2, 0) is 0 Å². The average molecular weight is 198 g/mol. The lowest BCUT2D eigenvalue weighted by Crippen LogP contribution is -1.81. The van der Waals surface area contributed by atoms with Crippen LogP contribution in [0.3, 0.4) is 0 Å². The molecule has 0 aliphatic carbocycles. The number of nitrogens with zero attached hydrogens (tertiary/aromatic N) is 2. The van der Waals surface area contributed by atoms with Gasteiger partial charge in [0.1, 0.15) is 0 Å². The summed E-state index contributed by atoms with van der Waals surface area (Å²) in [6.45, 7) is 4.00. The summed E-state index contributed by atoms with van der Waals surface area (Å²) in [6, 6.07) is 10.4. The predicted molar refractivity (Wildman–Crippen MR) is 64.0 cm³/mol. The van der Waals surface area contributed by atoms with Gasteiger partial charge < -0.3 is 4.40 Å². The molecule has 0 spiro atoms. The Labute approximate surface area is 89.2 Å². The maximum Gasteiger partial charge on any atom is 0.0712 e. The predicted octanol–water partition coefficient (Wildman–Crippen LogP) is 3.51. The van der Waals surface area contributed by atoms with E-state index in [1.165, 1.54) is 10.9 Å². The highest BCUT2D eigenvalue weighted by Gasteiger charge is 1.99. The number of pyridine rings is 2. The Bertz CT molecular complexity index is 516. The maximum absolute atomic E-state index is 4.11. The van der Waals surface area contributed by atoms with E-state index in [-0.39, 0.29) is 0 Å². The lowest BCUT2D eigenvalue weighted by Gasteiger charge is -1.93. The van der Waals surface area contributed by atoms with E-state index in [1.807, 2.05) is 44.4 Å². The molecule has 76 valence electrons. The summed E-state index contributed by atoms with van der Waals surface area (Å²) in [5.74, 6) is 0. The Morgan fingerprint density at radius 1 is 1.13 bits per heavy atom. The van der Waals surface area contributed by atoms with Crippen molar-refractivity contribution in [2.45, 2.75) is 13.8 Å². The van der Waals surface area contributed by atoms with Gasteiger partial charge in [0, 0.05) is 23.3 Å². The molecule has 0 fully saturated rings. The van der Waals surface area contributed by atoms with Crippen LogP contribution in [0.15, 0.2) is 48.9 Å². The van der Waals surface area contributed by atoms with Gasteiger partial charge in [-0.15, -0.1) is 0 Å². The van der Waals surface area contributed by atoms with Gasteiger partial charge in [-0.3, -0.25) is 4.98 Å². The zero-order valence-electron chi connectivity index (χ0n) is 9.01. The van der Waals surface area contributed by atoms with E-state index in [0.29, 0.717) is 0 Å². The van der Waals surface area contributed by atoms with Crippen molar-refractivity contribution >= 4 is 16.4 Å². The second-order valence-corrected chi connectivity index (χ2v) is 3.07. The monoisotopic (exact) mass is 198 g/mol. The van der Waals surface area contributed by atoms with Crippen LogP contribution in [0.25, 0.3) is 16.4 Å². The second-order valence-electron chi connectivity index (χ2n) is 3.07. The average Bonchev–Trinajstić information content (AvgIpc) is 2.70. The summed E-state index contributed by atoms with van der Waals surface area (Å²) in [6.07, 6.45) is 5.77. The van der Waals surface area contributed by atoms with Gasteiger partial charge in [-0.05, 0) is 24.3 Å². The van der Waals surface area contributed by atoms with E-state index < -0.39 is 0 Å². The van der Waals surface area contributed by atoms with Crippen LogP contribution in [-0.4, -0.2) is 9.38 Å². The molecule has 0 aliphatic heterocycles. The summed E-state index contributed by atoms with van der Waals surface area (Å²) in [5.41, 5.74) is 2.38. The fourth-order valence-electron chi connectivity index (χ4n) is 1.67. The Kier molecular flexibility index (Phi) is 2.68. The quantitative estimate of drug-likeness (QED) is 0.540. The SMILES string of the molecule is CC.c1ccn2c(c1)cc1ccncc12. The molecule has 0 radical (unpaired) electrons. The van der Waals surface area contributed by atoms with Crippen molar-refractivity contribution in [3.05, 3.63) is 48.9 Å². The molecule has 0 saturated heterocycles. The molecule has 2 heteroatoms. The molecule has 0 aliphatic rings. The molecule has 2 nitrogen and oxygen atoms in total. The molecule has 15 heavy (non-hydrogen) atoms. The lowest BCUT2D eigenvalue weighted by molar-refractivity contribution is 1.23. The number of hydrogen-bond donors (Lipinski definition) is 0. The van der Waals surface area contributed by atoms with Gasteiger partial charge >= 0.3 is 0 Å². The molecule has 0 unspecified atom stereocenters. The standard InChI is InChI=1S/C11H8N2.C2H6/c1-2-6-13-10(3-1)7-9-4-5-12-8-11(9)13;1-2/h1-8H;1-2H3.